The van der Waals surface area contributed by atoms with Crippen molar-refractivity contribution in [2.45, 2.75) is 39.5 Å². The van der Waals surface area contributed by atoms with Gasteiger partial charge in [0.25, 0.3) is 0 Å². The molecule has 0 bridgehead atoms. The first-order valence-corrected chi connectivity index (χ1v) is 6.15. The Labute approximate surface area is 102 Å². The summed E-state index contributed by atoms with van der Waals surface area (Å²) in [6, 6.07) is 8.24. The van der Waals surface area contributed by atoms with E-state index in [4.69, 9.17) is 0 Å². The van der Waals surface area contributed by atoms with Crippen LogP contribution in [0.2, 0.25) is 0 Å². The van der Waals surface area contributed by atoms with Crippen LogP contribution in [0.15, 0.2) is 24.3 Å². The molecule has 0 saturated carbocycles. The molecule has 4 nitrogen and oxygen atoms in total. The van der Waals surface area contributed by atoms with E-state index >= 15 is 0 Å². The van der Waals surface area contributed by atoms with Crippen LogP contribution in [0.1, 0.15) is 37.6 Å². The minimum Gasteiger partial charge on any atom is -0.197 e. The summed E-state index contributed by atoms with van der Waals surface area (Å²) >= 11 is 0. The molecule has 0 aliphatic heterocycles. The molecule has 0 aliphatic carbocycles. The third-order valence-electron chi connectivity index (χ3n) is 2.78. The lowest BCUT2D eigenvalue weighted by molar-refractivity contribution is 0.673. The molecule has 0 saturated heterocycles. The molecule has 1 aromatic heterocycles. The predicted molar refractivity (Wildman–Crippen MR) is 67.1 cm³/mol. The Kier molecular flexibility index (Phi) is 3.85. The van der Waals surface area contributed by atoms with Crippen molar-refractivity contribution < 1.29 is 0 Å². The van der Waals surface area contributed by atoms with Crippen molar-refractivity contribution in [1.29, 1.82) is 0 Å². The lowest BCUT2D eigenvalue weighted by Crippen LogP contribution is -2.03. The summed E-state index contributed by atoms with van der Waals surface area (Å²) in [5.74, 6) is 0.948. The summed E-state index contributed by atoms with van der Waals surface area (Å²) in [5, 5.41) is 11.9. The molecule has 4 heteroatoms. The second kappa shape index (κ2) is 5.57. The van der Waals surface area contributed by atoms with Crippen LogP contribution in [0, 0.1) is 6.92 Å². The summed E-state index contributed by atoms with van der Waals surface area (Å²) in [6.07, 6.45) is 4.52. The van der Waals surface area contributed by atoms with Crippen LogP contribution in [0.4, 0.5) is 0 Å². The summed E-state index contributed by atoms with van der Waals surface area (Å²) < 4.78 is 1.84. The van der Waals surface area contributed by atoms with Gasteiger partial charge in [-0.15, -0.1) is 5.10 Å². The number of aromatic nitrogens is 4. The van der Waals surface area contributed by atoms with Crippen LogP contribution in [-0.4, -0.2) is 20.2 Å². The van der Waals surface area contributed by atoms with Crippen molar-refractivity contribution >= 4 is 0 Å². The van der Waals surface area contributed by atoms with Gasteiger partial charge in [-0.2, -0.15) is 4.68 Å². The van der Waals surface area contributed by atoms with E-state index < -0.39 is 0 Å². The highest BCUT2D eigenvalue weighted by Gasteiger charge is 2.07. The predicted octanol–water partition coefficient (Wildman–Crippen LogP) is 2.70. The molecule has 0 aliphatic rings. The number of hydrogen-bond donors (Lipinski definition) is 0. The Morgan fingerprint density at radius 1 is 1.24 bits per heavy atom. The topological polar surface area (TPSA) is 43.6 Å². The molecule has 2 rings (SSSR count). The van der Waals surface area contributed by atoms with Gasteiger partial charge in [-0.1, -0.05) is 31.9 Å². The van der Waals surface area contributed by atoms with Crippen LogP contribution in [0.3, 0.4) is 0 Å². The molecule has 0 N–H and O–H groups in total. The molecule has 1 aromatic carbocycles. The summed E-state index contributed by atoms with van der Waals surface area (Å²) in [6.45, 7) is 4.27. The van der Waals surface area contributed by atoms with Gasteiger partial charge >= 0.3 is 0 Å². The lowest BCUT2D eigenvalue weighted by atomic mass is 10.2. The maximum Gasteiger partial charge on any atom is 0.156 e. The van der Waals surface area contributed by atoms with Gasteiger partial charge in [0.2, 0.25) is 0 Å². The Bertz CT molecular complexity index is 476. The molecule has 0 spiro atoms. The highest BCUT2D eigenvalue weighted by Crippen LogP contribution is 2.11. The highest BCUT2D eigenvalue weighted by atomic mass is 15.5. The second-order valence-electron chi connectivity index (χ2n) is 4.30. The van der Waals surface area contributed by atoms with E-state index in [-0.39, 0.29) is 0 Å². The van der Waals surface area contributed by atoms with Crippen molar-refractivity contribution in [3.63, 3.8) is 0 Å². The van der Waals surface area contributed by atoms with Crippen molar-refractivity contribution in [3.05, 3.63) is 35.7 Å². The second-order valence-corrected chi connectivity index (χ2v) is 4.30. The van der Waals surface area contributed by atoms with Crippen LogP contribution in [0.5, 0.6) is 0 Å². The molecule has 0 unspecified atom stereocenters. The van der Waals surface area contributed by atoms with Crippen molar-refractivity contribution in [2.24, 2.45) is 0 Å². The normalized spacial score (nSPS) is 10.7. The largest absolute Gasteiger partial charge is 0.197 e. The van der Waals surface area contributed by atoms with Gasteiger partial charge < -0.3 is 0 Å². The van der Waals surface area contributed by atoms with Crippen LogP contribution in [0.25, 0.3) is 5.69 Å². The van der Waals surface area contributed by atoms with E-state index in [1.165, 1.54) is 18.4 Å². The van der Waals surface area contributed by atoms with Gasteiger partial charge in [-0.3, -0.25) is 0 Å². The standard InChI is InChI=1S/C13H18N4/c1-3-4-5-9-13-14-15-16-17(13)12-8-6-7-11(2)10-12/h6-8,10H,3-5,9H2,1-2H3. The van der Waals surface area contributed by atoms with Gasteiger partial charge in [0, 0.05) is 6.42 Å². The Morgan fingerprint density at radius 2 is 2.12 bits per heavy atom. The number of nitrogens with zero attached hydrogens (tertiary/aromatic N) is 4. The van der Waals surface area contributed by atoms with E-state index in [2.05, 4.69) is 41.5 Å². The Hall–Kier alpha value is -1.71. The quantitative estimate of drug-likeness (QED) is 0.742. The third kappa shape index (κ3) is 2.90. The lowest BCUT2D eigenvalue weighted by Gasteiger charge is -2.04. The van der Waals surface area contributed by atoms with Crippen molar-refractivity contribution in [3.8, 4) is 5.69 Å². The van der Waals surface area contributed by atoms with Crippen LogP contribution in [-0.2, 0) is 6.42 Å². The first-order chi connectivity index (χ1) is 8.31. The van der Waals surface area contributed by atoms with E-state index in [0.717, 1.165) is 24.4 Å². The van der Waals surface area contributed by atoms with E-state index in [9.17, 15) is 0 Å². The first-order valence-electron chi connectivity index (χ1n) is 6.15. The molecule has 0 radical (unpaired) electrons. The average molecular weight is 230 g/mol. The minimum absolute atomic E-state index is 0.939. The van der Waals surface area contributed by atoms with E-state index in [1.54, 1.807) is 0 Å². The number of tetrazole rings is 1. The number of benzene rings is 1. The summed E-state index contributed by atoms with van der Waals surface area (Å²) in [5.41, 5.74) is 2.26. The fourth-order valence-electron chi connectivity index (χ4n) is 1.85. The number of hydrogen-bond acceptors (Lipinski definition) is 3. The van der Waals surface area contributed by atoms with Gasteiger partial charge in [0.1, 0.15) is 0 Å². The molecule has 0 fully saturated rings. The number of rotatable bonds is 5. The maximum atomic E-state index is 4.10. The van der Waals surface area contributed by atoms with Gasteiger partial charge in [0.05, 0.1) is 5.69 Å². The Balaban J connectivity index is 2.18. The highest BCUT2D eigenvalue weighted by molar-refractivity contribution is 5.34. The first kappa shape index (κ1) is 11.8. The molecule has 90 valence electrons. The maximum absolute atomic E-state index is 4.10. The molecule has 0 amide bonds. The van der Waals surface area contributed by atoms with Crippen LogP contribution >= 0.6 is 0 Å². The van der Waals surface area contributed by atoms with E-state index in [1.807, 2.05) is 16.8 Å². The Morgan fingerprint density at radius 3 is 2.88 bits per heavy atom. The van der Waals surface area contributed by atoms with Crippen LogP contribution < -0.4 is 0 Å². The SMILES string of the molecule is CCCCCc1nnnn1-c1cccc(C)c1. The zero-order chi connectivity index (χ0) is 12.1. The molecule has 0 atom stereocenters. The smallest absolute Gasteiger partial charge is 0.156 e. The fraction of sp³-hybridized carbons (Fsp3) is 0.462. The average Bonchev–Trinajstić information content (AvgIpc) is 2.78. The molecule has 2 aromatic rings. The van der Waals surface area contributed by atoms with Crippen molar-refractivity contribution in [2.75, 3.05) is 0 Å². The number of aryl methyl sites for hydroxylation is 2. The van der Waals surface area contributed by atoms with E-state index in [0.29, 0.717) is 0 Å². The summed E-state index contributed by atoms with van der Waals surface area (Å²) in [4.78, 5) is 0. The molecule has 17 heavy (non-hydrogen) atoms. The molecule has 1 heterocycles. The molecular formula is C13H18N4. The number of unbranched alkanes of at least 4 members (excludes halogenated alkanes) is 2. The monoisotopic (exact) mass is 230 g/mol. The fourth-order valence-corrected chi connectivity index (χ4v) is 1.85. The molecular weight excluding hydrogens is 212 g/mol. The third-order valence-corrected chi connectivity index (χ3v) is 2.78. The van der Waals surface area contributed by atoms with Gasteiger partial charge in [-0.25, -0.2) is 0 Å². The minimum atomic E-state index is 0.939. The summed E-state index contributed by atoms with van der Waals surface area (Å²) in [7, 11) is 0. The van der Waals surface area contributed by atoms with Gasteiger partial charge in [0.15, 0.2) is 5.82 Å². The zero-order valence-corrected chi connectivity index (χ0v) is 10.4. The zero-order valence-electron chi connectivity index (χ0n) is 10.4. The van der Waals surface area contributed by atoms with Crippen molar-refractivity contribution in [1.82, 2.24) is 20.2 Å². The van der Waals surface area contributed by atoms with Gasteiger partial charge in [-0.05, 0) is 41.5 Å².